The number of likely N-dealkylation sites (N-methyl/N-ethyl adjacent to an activating group) is 1. The first-order chi connectivity index (χ1) is 11.2. The summed E-state index contributed by atoms with van der Waals surface area (Å²) in [5.74, 6) is 0. The van der Waals surface area contributed by atoms with Crippen molar-refractivity contribution in [3.05, 3.63) is 58.9 Å². The molecule has 2 aromatic heterocycles. The molecular weight excluding hydrogens is 288 g/mol. The van der Waals surface area contributed by atoms with Crippen molar-refractivity contribution < 1.29 is 4.52 Å². The molecule has 5 heteroatoms. The molecule has 0 radical (unpaired) electrons. The number of benzene rings is 1. The lowest BCUT2D eigenvalue weighted by atomic mass is 10.1. The molecule has 116 valence electrons. The van der Waals surface area contributed by atoms with E-state index in [9.17, 15) is 0 Å². The first-order valence-electron chi connectivity index (χ1n) is 7.54. The quantitative estimate of drug-likeness (QED) is 0.724. The topological polar surface area (TPSA) is 66.0 Å². The third kappa shape index (κ3) is 3.55. The van der Waals surface area contributed by atoms with Crippen molar-refractivity contribution in [2.24, 2.45) is 0 Å². The molecule has 0 fully saturated rings. The molecule has 0 saturated carbocycles. The molecule has 5 nitrogen and oxygen atoms in total. The Morgan fingerprint density at radius 2 is 2.00 bits per heavy atom. The van der Waals surface area contributed by atoms with Crippen LogP contribution in [-0.2, 0) is 13.0 Å². The summed E-state index contributed by atoms with van der Waals surface area (Å²) in [6.07, 6.45) is 2.79. The number of hydrogen-bond acceptors (Lipinski definition) is 5. The fraction of sp³-hybridized carbons (Fsp3) is 0.278. The molecule has 3 rings (SSSR count). The predicted octanol–water partition coefficient (Wildman–Crippen LogP) is 3.08. The third-order valence-electron chi connectivity index (χ3n) is 3.88. The molecule has 0 amide bonds. The van der Waals surface area contributed by atoms with Crippen LogP contribution < -0.4 is 0 Å². The van der Waals surface area contributed by atoms with E-state index >= 15 is 0 Å². The second kappa shape index (κ2) is 6.59. The standard InChI is InChI=1S/C18H18N4O/c1-13-17-9-16(11-20-18(17)23-21-13)12-22(2)8-7-14-3-5-15(10-19)6-4-14/h3-6,9,11H,7-8,12H2,1-2H3. The van der Waals surface area contributed by atoms with E-state index in [0.29, 0.717) is 11.3 Å². The van der Waals surface area contributed by atoms with Gasteiger partial charge >= 0.3 is 0 Å². The number of fused-ring (bicyclic) bond motifs is 1. The minimum Gasteiger partial charge on any atom is -0.336 e. The number of aromatic nitrogens is 2. The van der Waals surface area contributed by atoms with Gasteiger partial charge in [-0.3, -0.25) is 0 Å². The molecule has 0 aliphatic heterocycles. The van der Waals surface area contributed by atoms with Gasteiger partial charge in [0.05, 0.1) is 22.7 Å². The van der Waals surface area contributed by atoms with Crippen LogP contribution in [0.2, 0.25) is 0 Å². The lowest BCUT2D eigenvalue weighted by molar-refractivity contribution is 0.331. The summed E-state index contributed by atoms with van der Waals surface area (Å²) in [5.41, 5.74) is 4.54. The highest BCUT2D eigenvalue weighted by atomic mass is 16.5. The number of nitriles is 1. The summed E-state index contributed by atoms with van der Waals surface area (Å²) in [4.78, 5) is 6.56. The van der Waals surface area contributed by atoms with Gasteiger partial charge in [0, 0.05) is 19.3 Å². The van der Waals surface area contributed by atoms with Gasteiger partial charge in [-0.05, 0) is 49.7 Å². The molecule has 0 unspecified atom stereocenters. The van der Waals surface area contributed by atoms with Crippen LogP contribution in [0.5, 0.6) is 0 Å². The highest BCUT2D eigenvalue weighted by molar-refractivity contribution is 5.75. The van der Waals surface area contributed by atoms with Crippen LogP contribution in [0.25, 0.3) is 11.1 Å². The monoisotopic (exact) mass is 306 g/mol. The predicted molar refractivity (Wildman–Crippen MR) is 87.7 cm³/mol. The van der Waals surface area contributed by atoms with Crippen molar-refractivity contribution in [2.45, 2.75) is 19.9 Å². The summed E-state index contributed by atoms with van der Waals surface area (Å²) in [5, 5.41) is 13.7. The SMILES string of the molecule is Cc1noc2ncc(CN(C)CCc3ccc(C#N)cc3)cc12. The lowest BCUT2D eigenvalue weighted by Gasteiger charge is -2.16. The Morgan fingerprint density at radius 1 is 1.22 bits per heavy atom. The second-order valence-corrected chi connectivity index (χ2v) is 5.76. The fourth-order valence-corrected chi connectivity index (χ4v) is 2.53. The molecule has 0 saturated heterocycles. The number of nitrogens with zero attached hydrogens (tertiary/aromatic N) is 4. The van der Waals surface area contributed by atoms with Crippen LogP contribution in [0.3, 0.4) is 0 Å². The van der Waals surface area contributed by atoms with Crippen molar-refractivity contribution in [3.8, 4) is 6.07 Å². The van der Waals surface area contributed by atoms with E-state index in [-0.39, 0.29) is 0 Å². The maximum atomic E-state index is 8.81. The fourth-order valence-electron chi connectivity index (χ4n) is 2.53. The van der Waals surface area contributed by atoms with Gasteiger partial charge in [-0.1, -0.05) is 17.3 Å². The number of aryl methyl sites for hydroxylation is 1. The summed E-state index contributed by atoms with van der Waals surface area (Å²) in [7, 11) is 2.09. The van der Waals surface area contributed by atoms with E-state index in [1.165, 1.54) is 5.56 Å². The molecule has 2 heterocycles. The van der Waals surface area contributed by atoms with E-state index in [1.807, 2.05) is 37.4 Å². The maximum Gasteiger partial charge on any atom is 0.257 e. The van der Waals surface area contributed by atoms with Crippen molar-refractivity contribution in [2.75, 3.05) is 13.6 Å². The number of pyridine rings is 1. The molecule has 3 aromatic rings. The zero-order valence-electron chi connectivity index (χ0n) is 13.3. The average molecular weight is 306 g/mol. The van der Waals surface area contributed by atoms with E-state index in [4.69, 9.17) is 9.78 Å². The highest BCUT2D eigenvalue weighted by Crippen LogP contribution is 2.17. The van der Waals surface area contributed by atoms with Crippen LogP contribution in [0.4, 0.5) is 0 Å². The Balaban J connectivity index is 1.60. The highest BCUT2D eigenvalue weighted by Gasteiger charge is 2.08. The van der Waals surface area contributed by atoms with Crippen LogP contribution >= 0.6 is 0 Å². The zero-order valence-corrected chi connectivity index (χ0v) is 13.3. The van der Waals surface area contributed by atoms with Gasteiger partial charge in [-0.25, -0.2) is 4.98 Å². The summed E-state index contributed by atoms with van der Waals surface area (Å²) in [6.45, 7) is 3.68. The molecule has 0 atom stereocenters. The molecule has 0 aliphatic carbocycles. The Hall–Kier alpha value is -2.71. The third-order valence-corrected chi connectivity index (χ3v) is 3.88. The smallest absolute Gasteiger partial charge is 0.257 e. The van der Waals surface area contributed by atoms with Crippen molar-refractivity contribution >= 4 is 11.1 Å². The molecule has 1 aromatic carbocycles. The largest absolute Gasteiger partial charge is 0.336 e. The minimum atomic E-state index is 0.589. The van der Waals surface area contributed by atoms with Crippen molar-refractivity contribution in [1.29, 1.82) is 5.26 Å². The van der Waals surface area contributed by atoms with Gasteiger partial charge in [0.2, 0.25) is 0 Å². The van der Waals surface area contributed by atoms with E-state index in [2.05, 4.69) is 34.2 Å². The Morgan fingerprint density at radius 3 is 2.74 bits per heavy atom. The first-order valence-corrected chi connectivity index (χ1v) is 7.54. The van der Waals surface area contributed by atoms with Gasteiger partial charge in [-0.15, -0.1) is 0 Å². The molecule has 23 heavy (non-hydrogen) atoms. The van der Waals surface area contributed by atoms with Crippen molar-refractivity contribution in [1.82, 2.24) is 15.0 Å². The van der Waals surface area contributed by atoms with E-state index in [0.717, 1.165) is 36.2 Å². The molecule has 0 N–H and O–H groups in total. The van der Waals surface area contributed by atoms with Crippen molar-refractivity contribution in [3.63, 3.8) is 0 Å². The molecular formula is C18H18N4O. The summed E-state index contributed by atoms with van der Waals surface area (Å²) >= 11 is 0. The van der Waals surface area contributed by atoms with Gasteiger partial charge in [0.15, 0.2) is 0 Å². The first kappa shape index (κ1) is 15.2. The minimum absolute atomic E-state index is 0.589. The van der Waals surface area contributed by atoms with Gasteiger partial charge in [0.25, 0.3) is 5.71 Å². The van der Waals surface area contributed by atoms with E-state index < -0.39 is 0 Å². The summed E-state index contributed by atoms with van der Waals surface area (Å²) in [6, 6.07) is 12.0. The normalized spacial score (nSPS) is 11.0. The summed E-state index contributed by atoms with van der Waals surface area (Å²) < 4.78 is 5.14. The van der Waals surface area contributed by atoms with Crippen LogP contribution in [0, 0.1) is 18.3 Å². The Kier molecular flexibility index (Phi) is 4.35. The lowest BCUT2D eigenvalue weighted by Crippen LogP contribution is -2.20. The van der Waals surface area contributed by atoms with Gasteiger partial charge in [0.1, 0.15) is 0 Å². The molecule has 0 bridgehead atoms. The number of hydrogen-bond donors (Lipinski definition) is 0. The Bertz CT molecular complexity index is 846. The van der Waals surface area contributed by atoms with Crippen LogP contribution in [0.1, 0.15) is 22.4 Å². The van der Waals surface area contributed by atoms with Gasteiger partial charge < -0.3 is 9.42 Å². The van der Waals surface area contributed by atoms with Crippen LogP contribution in [-0.4, -0.2) is 28.6 Å². The molecule has 0 spiro atoms. The Labute approximate surface area is 135 Å². The zero-order chi connectivity index (χ0) is 16.2. The van der Waals surface area contributed by atoms with Gasteiger partial charge in [-0.2, -0.15) is 5.26 Å². The van der Waals surface area contributed by atoms with Crippen LogP contribution in [0.15, 0.2) is 41.1 Å². The average Bonchev–Trinajstić information content (AvgIpc) is 2.94. The number of rotatable bonds is 5. The second-order valence-electron chi connectivity index (χ2n) is 5.76. The van der Waals surface area contributed by atoms with E-state index in [1.54, 1.807) is 0 Å². The molecule has 0 aliphatic rings. The maximum absolute atomic E-state index is 8.81.